The van der Waals surface area contributed by atoms with E-state index in [-0.39, 0.29) is 18.2 Å². The first-order chi connectivity index (χ1) is 12.7. The average molecular weight is 355 g/mol. The first-order valence-electron chi connectivity index (χ1n) is 8.94. The highest BCUT2D eigenvalue weighted by Gasteiger charge is 2.28. The molecule has 0 saturated heterocycles. The lowest BCUT2D eigenvalue weighted by atomic mass is 9.92. The molecular formula is C20H25N3O3. The Kier molecular flexibility index (Phi) is 6.07. The van der Waals surface area contributed by atoms with E-state index in [1.54, 1.807) is 25.6 Å². The van der Waals surface area contributed by atoms with Crippen molar-refractivity contribution in [2.75, 3.05) is 12.4 Å². The van der Waals surface area contributed by atoms with E-state index in [0.29, 0.717) is 12.2 Å². The lowest BCUT2D eigenvalue weighted by Gasteiger charge is -2.36. The molecule has 0 radical (unpaired) electrons. The van der Waals surface area contributed by atoms with Crippen LogP contribution in [0.15, 0.2) is 48.8 Å². The zero-order valence-corrected chi connectivity index (χ0v) is 15.0. The van der Waals surface area contributed by atoms with Gasteiger partial charge in [-0.25, -0.2) is 4.79 Å². The number of benzene rings is 1. The molecular weight excluding hydrogens is 330 g/mol. The van der Waals surface area contributed by atoms with E-state index in [4.69, 9.17) is 4.74 Å². The molecule has 1 aromatic carbocycles. The van der Waals surface area contributed by atoms with Crippen LogP contribution in [0.1, 0.15) is 31.2 Å². The number of aliphatic hydroxyl groups is 1. The second-order valence-electron chi connectivity index (χ2n) is 6.61. The lowest BCUT2D eigenvalue weighted by molar-refractivity contribution is 0.0849. The Labute approximate surface area is 153 Å². The fourth-order valence-electron chi connectivity index (χ4n) is 3.34. The van der Waals surface area contributed by atoms with Gasteiger partial charge in [0.05, 0.1) is 25.1 Å². The van der Waals surface area contributed by atoms with Crippen LogP contribution >= 0.6 is 0 Å². The zero-order valence-electron chi connectivity index (χ0n) is 15.0. The predicted octanol–water partition coefficient (Wildman–Crippen LogP) is 3.43. The highest BCUT2D eigenvalue weighted by Crippen LogP contribution is 2.26. The summed E-state index contributed by atoms with van der Waals surface area (Å²) in [4.78, 5) is 18.8. The van der Waals surface area contributed by atoms with Crippen molar-refractivity contribution in [3.05, 3.63) is 54.4 Å². The van der Waals surface area contributed by atoms with Crippen molar-refractivity contribution >= 4 is 11.7 Å². The molecule has 138 valence electrons. The third-order valence-electron chi connectivity index (χ3n) is 4.77. The summed E-state index contributed by atoms with van der Waals surface area (Å²) in [6, 6.07) is 11.3. The van der Waals surface area contributed by atoms with Crippen molar-refractivity contribution in [2.45, 2.75) is 44.4 Å². The van der Waals surface area contributed by atoms with Gasteiger partial charge >= 0.3 is 6.03 Å². The summed E-state index contributed by atoms with van der Waals surface area (Å²) in [5.74, 6) is 0.772. The summed E-state index contributed by atoms with van der Waals surface area (Å²) in [6.45, 7) is 0.490. The van der Waals surface area contributed by atoms with Crippen molar-refractivity contribution in [1.82, 2.24) is 9.88 Å². The molecule has 2 amide bonds. The van der Waals surface area contributed by atoms with Crippen LogP contribution in [0, 0.1) is 0 Å². The number of hydrogen-bond donors (Lipinski definition) is 2. The molecule has 1 aromatic heterocycles. The highest BCUT2D eigenvalue weighted by molar-refractivity contribution is 5.89. The Morgan fingerprint density at radius 3 is 2.77 bits per heavy atom. The number of anilines is 1. The number of aliphatic hydroxyl groups excluding tert-OH is 1. The molecule has 2 aromatic rings. The van der Waals surface area contributed by atoms with Gasteiger partial charge in [-0.15, -0.1) is 0 Å². The van der Waals surface area contributed by atoms with E-state index in [1.807, 2.05) is 35.2 Å². The number of nitrogens with one attached hydrogen (secondary N) is 1. The molecule has 2 N–H and O–H groups in total. The monoisotopic (exact) mass is 355 g/mol. The smallest absolute Gasteiger partial charge is 0.322 e. The Hall–Kier alpha value is -2.60. The highest BCUT2D eigenvalue weighted by atomic mass is 16.5. The van der Waals surface area contributed by atoms with Gasteiger partial charge in [0.1, 0.15) is 5.75 Å². The van der Waals surface area contributed by atoms with Crippen molar-refractivity contribution < 1.29 is 14.6 Å². The molecule has 1 heterocycles. The number of hydrogen-bond acceptors (Lipinski definition) is 4. The molecule has 6 nitrogen and oxygen atoms in total. The van der Waals surface area contributed by atoms with E-state index in [2.05, 4.69) is 10.3 Å². The Balaban J connectivity index is 1.77. The third-order valence-corrected chi connectivity index (χ3v) is 4.77. The maximum Gasteiger partial charge on any atom is 0.322 e. The summed E-state index contributed by atoms with van der Waals surface area (Å²) >= 11 is 0. The fourth-order valence-corrected chi connectivity index (χ4v) is 3.34. The minimum atomic E-state index is -0.258. The maximum absolute atomic E-state index is 12.9. The van der Waals surface area contributed by atoms with Crippen molar-refractivity contribution in [3.63, 3.8) is 0 Å². The SMILES string of the molecule is COc1cccc(CN(C(=O)Nc2cccnc2)C2CCC(O)CC2)c1. The normalized spacial score (nSPS) is 19.6. The van der Waals surface area contributed by atoms with E-state index in [1.165, 1.54) is 0 Å². The van der Waals surface area contributed by atoms with Crippen molar-refractivity contribution in [3.8, 4) is 5.75 Å². The van der Waals surface area contributed by atoms with E-state index >= 15 is 0 Å². The van der Waals surface area contributed by atoms with Crippen LogP contribution in [0.4, 0.5) is 10.5 Å². The van der Waals surface area contributed by atoms with E-state index in [0.717, 1.165) is 37.0 Å². The van der Waals surface area contributed by atoms with Gasteiger partial charge in [0.25, 0.3) is 0 Å². The largest absolute Gasteiger partial charge is 0.497 e. The van der Waals surface area contributed by atoms with Gasteiger partial charge < -0.3 is 20.1 Å². The molecule has 1 fully saturated rings. The Morgan fingerprint density at radius 2 is 2.08 bits per heavy atom. The number of ether oxygens (including phenoxy) is 1. The first-order valence-corrected chi connectivity index (χ1v) is 8.94. The summed E-state index contributed by atoms with van der Waals surface area (Å²) in [6.07, 6.45) is 6.08. The first kappa shape index (κ1) is 18.2. The maximum atomic E-state index is 12.9. The molecule has 26 heavy (non-hydrogen) atoms. The minimum Gasteiger partial charge on any atom is -0.497 e. The quantitative estimate of drug-likeness (QED) is 0.862. The van der Waals surface area contributed by atoms with Gasteiger partial charge in [0.2, 0.25) is 0 Å². The van der Waals surface area contributed by atoms with Gasteiger partial charge in [0, 0.05) is 18.8 Å². The van der Waals surface area contributed by atoms with Crippen LogP contribution in [0.2, 0.25) is 0 Å². The van der Waals surface area contributed by atoms with Crippen molar-refractivity contribution in [2.24, 2.45) is 0 Å². The molecule has 6 heteroatoms. The van der Waals surface area contributed by atoms with Crippen LogP contribution in [0.25, 0.3) is 0 Å². The molecule has 3 rings (SSSR count). The molecule has 0 atom stereocenters. The number of methoxy groups -OCH3 is 1. The molecule has 0 unspecified atom stereocenters. The average Bonchev–Trinajstić information content (AvgIpc) is 2.68. The van der Waals surface area contributed by atoms with Crippen LogP contribution in [-0.2, 0) is 6.54 Å². The minimum absolute atomic E-state index is 0.0984. The second-order valence-corrected chi connectivity index (χ2v) is 6.61. The van der Waals surface area contributed by atoms with Gasteiger partial charge in [-0.2, -0.15) is 0 Å². The van der Waals surface area contributed by atoms with Crippen molar-refractivity contribution in [1.29, 1.82) is 0 Å². The van der Waals surface area contributed by atoms with Crippen LogP contribution in [0.3, 0.4) is 0 Å². The summed E-state index contributed by atoms with van der Waals surface area (Å²) < 4.78 is 5.29. The molecule has 1 saturated carbocycles. The second kappa shape index (κ2) is 8.67. The number of urea groups is 1. The van der Waals surface area contributed by atoms with Gasteiger partial charge in [0.15, 0.2) is 0 Å². The molecule has 0 aliphatic heterocycles. The van der Waals surface area contributed by atoms with Gasteiger partial charge in [-0.3, -0.25) is 4.98 Å². The third kappa shape index (κ3) is 4.73. The number of nitrogens with zero attached hydrogens (tertiary/aromatic N) is 2. The molecule has 0 spiro atoms. The number of rotatable bonds is 5. The number of carbonyl (C=O) groups excluding carboxylic acids is 1. The van der Waals surface area contributed by atoms with Gasteiger partial charge in [-0.1, -0.05) is 12.1 Å². The van der Waals surface area contributed by atoms with E-state index < -0.39 is 0 Å². The van der Waals surface area contributed by atoms with E-state index in [9.17, 15) is 9.90 Å². The molecule has 0 bridgehead atoms. The predicted molar refractivity (Wildman–Crippen MR) is 100 cm³/mol. The molecule has 1 aliphatic rings. The summed E-state index contributed by atoms with van der Waals surface area (Å²) in [5, 5.41) is 12.7. The number of amides is 2. The van der Waals surface area contributed by atoms with Crippen LogP contribution < -0.4 is 10.1 Å². The van der Waals surface area contributed by atoms with Crippen LogP contribution in [0.5, 0.6) is 5.75 Å². The Morgan fingerprint density at radius 1 is 1.27 bits per heavy atom. The standard InChI is InChI=1S/C20H25N3O3/c1-26-19-6-2-4-15(12-19)14-23(17-7-9-18(24)10-8-17)20(25)22-16-5-3-11-21-13-16/h2-6,11-13,17-18,24H,7-10,14H2,1H3,(H,22,25). The lowest BCUT2D eigenvalue weighted by Crippen LogP contribution is -2.44. The summed E-state index contributed by atoms with van der Waals surface area (Å²) in [7, 11) is 1.63. The van der Waals surface area contributed by atoms with Gasteiger partial charge in [-0.05, 0) is 55.5 Å². The zero-order chi connectivity index (χ0) is 18.4. The number of carbonyl (C=O) groups is 1. The molecule has 1 aliphatic carbocycles. The number of pyridine rings is 1. The number of aromatic nitrogens is 1. The Bertz CT molecular complexity index is 715. The fraction of sp³-hybridized carbons (Fsp3) is 0.400. The topological polar surface area (TPSA) is 74.7 Å². The summed E-state index contributed by atoms with van der Waals surface area (Å²) in [5.41, 5.74) is 1.68. The van der Waals surface area contributed by atoms with Crippen LogP contribution in [-0.4, -0.2) is 40.3 Å².